The van der Waals surface area contributed by atoms with Crippen molar-refractivity contribution in [3.05, 3.63) is 32.6 Å². The summed E-state index contributed by atoms with van der Waals surface area (Å²) in [5.41, 5.74) is -0.477. The number of piperazine rings is 1. The highest BCUT2D eigenvalue weighted by Gasteiger charge is 2.35. The van der Waals surface area contributed by atoms with Crippen LogP contribution in [0.5, 0.6) is 0 Å². The van der Waals surface area contributed by atoms with Crippen LogP contribution in [0, 0.1) is 0 Å². The number of aromatic nitrogens is 2. The second kappa shape index (κ2) is 7.16. The normalized spacial score (nSPS) is 29.2. The van der Waals surface area contributed by atoms with Gasteiger partial charge in [-0.15, -0.1) is 0 Å². The Morgan fingerprint density at radius 3 is 2.62 bits per heavy atom. The predicted octanol–water partition coefficient (Wildman–Crippen LogP) is -2.08. The monoisotopic (exact) mass is 340 g/mol. The van der Waals surface area contributed by atoms with Crippen LogP contribution >= 0.6 is 0 Å². The molecular formula is C15H24N4O5. The first kappa shape index (κ1) is 17.3. The van der Waals surface area contributed by atoms with E-state index in [1.165, 1.54) is 10.8 Å². The minimum Gasteiger partial charge on any atom is -0.394 e. The highest BCUT2D eigenvalue weighted by Crippen LogP contribution is 2.27. The summed E-state index contributed by atoms with van der Waals surface area (Å²) in [4.78, 5) is 30.9. The molecule has 0 bridgehead atoms. The lowest BCUT2D eigenvalue weighted by Gasteiger charge is -2.32. The maximum absolute atomic E-state index is 12.1. The molecule has 3 atom stereocenters. The van der Waals surface area contributed by atoms with Crippen LogP contribution in [0.2, 0.25) is 0 Å². The highest BCUT2D eigenvalue weighted by atomic mass is 16.5. The molecule has 0 aliphatic carbocycles. The summed E-state index contributed by atoms with van der Waals surface area (Å²) >= 11 is 0. The quantitative estimate of drug-likeness (QED) is 0.577. The molecule has 2 saturated heterocycles. The van der Waals surface area contributed by atoms with E-state index in [2.05, 4.69) is 21.8 Å². The van der Waals surface area contributed by atoms with E-state index in [-0.39, 0.29) is 13.0 Å². The molecule has 2 aliphatic heterocycles. The standard InChI is InChI=1S/C15H24N4O5/c1-17-2-4-18(5-3-17)7-10-8-19(15(23)16-14(10)22)13-6-11(21)12(9-20)24-13/h8,11-13,20-21H,2-7,9H2,1H3,(H,16,22,23). The van der Waals surface area contributed by atoms with Crippen molar-refractivity contribution in [2.45, 2.75) is 31.4 Å². The zero-order valence-electron chi connectivity index (χ0n) is 13.7. The van der Waals surface area contributed by atoms with E-state index in [1.54, 1.807) is 0 Å². The molecule has 0 saturated carbocycles. The van der Waals surface area contributed by atoms with Gasteiger partial charge in [0.05, 0.1) is 12.7 Å². The van der Waals surface area contributed by atoms with Gasteiger partial charge in [-0.25, -0.2) is 4.79 Å². The molecule has 134 valence electrons. The summed E-state index contributed by atoms with van der Waals surface area (Å²) in [6, 6.07) is 0. The van der Waals surface area contributed by atoms with E-state index in [0.29, 0.717) is 12.1 Å². The molecule has 1 aromatic heterocycles. The first-order valence-corrected chi connectivity index (χ1v) is 8.17. The molecule has 2 aliphatic rings. The van der Waals surface area contributed by atoms with E-state index in [9.17, 15) is 14.7 Å². The van der Waals surface area contributed by atoms with Crippen molar-refractivity contribution in [3.8, 4) is 0 Å². The number of hydrogen-bond acceptors (Lipinski definition) is 7. The molecule has 0 radical (unpaired) electrons. The average Bonchev–Trinajstić information content (AvgIpc) is 2.92. The second-order valence-electron chi connectivity index (χ2n) is 6.52. The molecule has 3 N–H and O–H groups in total. The molecule has 24 heavy (non-hydrogen) atoms. The first-order valence-electron chi connectivity index (χ1n) is 8.17. The van der Waals surface area contributed by atoms with Gasteiger partial charge in [-0.3, -0.25) is 19.2 Å². The average molecular weight is 340 g/mol. The molecule has 3 unspecified atom stereocenters. The van der Waals surface area contributed by atoms with Gasteiger partial charge in [0, 0.05) is 50.9 Å². The largest absolute Gasteiger partial charge is 0.394 e. The molecule has 0 amide bonds. The number of H-pyrrole nitrogens is 1. The third-order valence-corrected chi connectivity index (χ3v) is 4.73. The van der Waals surface area contributed by atoms with Gasteiger partial charge in [-0.2, -0.15) is 0 Å². The maximum atomic E-state index is 12.1. The third kappa shape index (κ3) is 3.60. The van der Waals surface area contributed by atoms with Crippen LogP contribution in [0.3, 0.4) is 0 Å². The van der Waals surface area contributed by atoms with Gasteiger partial charge < -0.3 is 19.8 Å². The van der Waals surface area contributed by atoms with Crippen LogP contribution < -0.4 is 11.2 Å². The van der Waals surface area contributed by atoms with Crippen molar-refractivity contribution in [1.82, 2.24) is 19.4 Å². The SMILES string of the molecule is CN1CCN(Cc2cn(C3CC(O)C(CO)O3)c(=O)[nH]c2=O)CC1. The van der Waals surface area contributed by atoms with Crippen LogP contribution in [0.25, 0.3) is 0 Å². The summed E-state index contributed by atoms with van der Waals surface area (Å²) in [5, 5.41) is 19.0. The van der Waals surface area contributed by atoms with Crippen molar-refractivity contribution >= 4 is 0 Å². The van der Waals surface area contributed by atoms with Crippen LogP contribution in [0.4, 0.5) is 0 Å². The van der Waals surface area contributed by atoms with E-state index in [0.717, 1.165) is 26.2 Å². The van der Waals surface area contributed by atoms with E-state index in [1.807, 2.05) is 0 Å². The van der Waals surface area contributed by atoms with E-state index in [4.69, 9.17) is 9.84 Å². The molecule has 3 heterocycles. The summed E-state index contributed by atoms with van der Waals surface area (Å²) in [6.45, 7) is 3.74. The Balaban J connectivity index is 1.79. The second-order valence-corrected chi connectivity index (χ2v) is 6.52. The van der Waals surface area contributed by atoms with E-state index < -0.39 is 29.7 Å². The van der Waals surface area contributed by atoms with Gasteiger partial charge in [0.2, 0.25) is 0 Å². The van der Waals surface area contributed by atoms with Gasteiger partial charge >= 0.3 is 5.69 Å². The molecular weight excluding hydrogens is 316 g/mol. The van der Waals surface area contributed by atoms with E-state index >= 15 is 0 Å². The number of nitrogens with zero attached hydrogens (tertiary/aromatic N) is 3. The number of hydrogen-bond donors (Lipinski definition) is 3. The number of likely N-dealkylation sites (N-methyl/N-ethyl adjacent to an activating group) is 1. The summed E-state index contributed by atoms with van der Waals surface area (Å²) in [6.07, 6.45) is -0.524. The lowest BCUT2D eigenvalue weighted by Crippen LogP contribution is -2.45. The Labute approximate surface area is 139 Å². The molecule has 3 rings (SSSR count). The number of nitrogens with one attached hydrogen (secondary N) is 1. The Morgan fingerprint density at radius 2 is 2.00 bits per heavy atom. The Kier molecular flexibility index (Phi) is 5.16. The molecule has 9 nitrogen and oxygen atoms in total. The summed E-state index contributed by atoms with van der Waals surface area (Å²) in [5.74, 6) is 0. The molecule has 9 heteroatoms. The number of ether oxygens (including phenoxy) is 1. The van der Waals surface area contributed by atoms with Gasteiger partial charge in [-0.1, -0.05) is 0 Å². The van der Waals surface area contributed by atoms with Gasteiger partial charge in [0.25, 0.3) is 5.56 Å². The minimum absolute atomic E-state index is 0.200. The zero-order valence-corrected chi connectivity index (χ0v) is 13.7. The van der Waals surface area contributed by atoms with Crippen molar-refractivity contribution in [2.24, 2.45) is 0 Å². The fourth-order valence-corrected chi connectivity index (χ4v) is 3.15. The molecule has 1 aromatic rings. The minimum atomic E-state index is -0.833. The zero-order chi connectivity index (χ0) is 17.3. The number of aliphatic hydroxyl groups is 2. The Hall–Kier alpha value is -1.52. The van der Waals surface area contributed by atoms with Crippen molar-refractivity contribution in [2.75, 3.05) is 39.8 Å². The third-order valence-electron chi connectivity index (χ3n) is 4.73. The highest BCUT2D eigenvalue weighted by molar-refractivity contribution is 5.06. The first-order chi connectivity index (χ1) is 11.5. The van der Waals surface area contributed by atoms with Crippen molar-refractivity contribution in [3.63, 3.8) is 0 Å². The van der Waals surface area contributed by atoms with Crippen LogP contribution in [-0.2, 0) is 11.3 Å². The lowest BCUT2D eigenvalue weighted by molar-refractivity contribution is -0.0460. The Morgan fingerprint density at radius 1 is 1.29 bits per heavy atom. The predicted molar refractivity (Wildman–Crippen MR) is 85.7 cm³/mol. The number of aliphatic hydroxyl groups excluding tert-OH is 2. The lowest BCUT2D eigenvalue weighted by atomic mass is 10.2. The van der Waals surface area contributed by atoms with Crippen LogP contribution in [0.1, 0.15) is 18.2 Å². The summed E-state index contributed by atoms with van der Waals surface area (Å²) in [7, 11) is 2.06. The van der Waals surface area contributed by atoms with Gasteiger partial charge in [0.1, 0.15) is 12.3 Å². The molecule has 2 fully saturated rings. The van der Waals surface area contributed by atoms with Gasteiger partial charge in [0.15, 0.2) is 0 Å². The number of rotatable bonds is 4. The van der Waals surface area contributed by atoms with Crippen LogP contribution in [0.15, 0.2) is 15.8 Å². The maximum Gasteiger partial charge on any atom is 0.330 e. The summed E-state index contributed by atoms with van der Waals surface area (Å²) < 4.78 is 6.81. The Bertz CT molecular complexity index is 679. The fourth-order valence-electron chi connectivity index (χ4n) is 3.15. The topological polar surface area (TPSA) is 111 Å². The number of aromatic amines is 1. The van der Waals surface area contributed by atoms with Gasteiger partial charge in [-0.05, 0) is 7.05 Å². The fraction of sp³-hybridized carbons (Fsp3) is 0.733. The smallest absolute Gasteiger partial charge is 0.330 e. The van der Waals surface area contributed by atoms with Crippen molar-refractivity contribution in [1.29, 1.82) is 0 Å². The molecule has 0 aromatic carbocycles. The van der Waals surface area contributed by atoms with Crippen molar-refractivity contribution < 1.29 is 14.9 Å². The molecule has 0 spiro atoms. The van der Waals surface area contributed by atoms with Crippen LogP contribution in [-0.4, -0.2) is 81.6 Å².